The molecule has 4 heteroatoms. The molecule has 1 aromatic carbocycles. The van der Waals surface area contributed by atoms with Crippen LogP contribution < -0.4 is 9.75 Å². The Morgan fingerprint density at radius 3 is 2.65 bits per heavy atom. The summed E-state index contributed by atoms with van der Waals surface area (Å²) in [5, 5.41) is 4.18. The van der Waals surface area contributed by atoms with Crippen molar-refractivity contribution < 1.29 is 0 Å². The van der Waals surface area contributed by atoms with E-state index < -0.39 is 0 Å². The fraction of sp³-hybridized carbons (Fsp3) is 0.333. The van der Waals surface area contributed by atoms with Gasteiger partial charge in [-0.15, -0.1) is 34.9 Å². The number of hydrogen-bond acceptors (Lipinski definition) is 4. The van der Waals surface area contributed by atoms with Crippen molar-refractivity contribution in [3.8, 4) is 0 Å². The Hall–Kier alpha value is -3.44. The van der Waals surface area contributed by atoms with E-state index in [0.717, 1.165) is 43.8 Å². The molecule has 0 saturated heterocycles. The van der Waals surface area contributed by atoms with E-state index in [4.69, 9.17) is 0 Å². The lowest BCUT2D eigenvalue weighted by Gasteiger charge is -2.38. The van der Waals surface area contributed by atoms with Crippen molar-refractivity contribution in [1.29, 1.82) is 0 Å². The number of nitrogens with zero attached hydrogens (tertiary/aromatic N) is 1. The van der Waals surface area contributed by atoms with Crippen molar-refractivity contribution >= 4 is 62.3 Å². The van der Waals surface area contributed by atoms with Gasteiger partial charge in [-0.3, -0.25) is 0 Å². The Labute approximate surface area is 320 Å². The van der Waals surface area contributed by atoms with Crippen LogP contribution in [0.5, 0.6) is 0 Å². The highest BCUT2D eigenvalue weighted by Gasteiger charge is 2.39. The first-order chi connectivity index (χ1) is 25.8. The maximum absolute atomic E-state index is 2.80. The third kappa shape index (κ3) is 5.34. The molecule has 7 aliphatic carbocycles. The van der Waals surface area contributed by atoms with Gasteiger partial charge in [-0.25, -0.2) is 0 Å². The molecule has 0 fully saturated rings. The van der Waals surface area contributed by atoms with Crippen LogP contribution in [0, 0.1) is 17.8 Å². The minimum absolute atomic E-state index is 0.326. The van der Waals surface area contributed by atoms with Crippen molar-refractivity contribution in [2.45, 2.75) is 80.7 Å². The molecule has 0 bridgehead atoms. The summed E-state index contributed by atoms with van der Waals surface area (Å²) < 4.78 is 2.94. The molecule has 0 spiro atoms. The Morgan fingerprint density at radius 1 is 0.750 bits per heavy atom. The molecule has 6 unspecified atom stereocenters. The van der Waals surface area contributed by atoms with Crippen molar-refractivity contribution in [3.63, 3.8) is 0 Å². The Kier molecular flexibility index (Phi) is 8.10. The Morgan fingerprint density at radius 2 is 1.73 bits per heavy atom. The van der Waals surface area contributed by atoms with Crippen LogP contribution in [0.2, 0.25) is 0 Å². The number of fused-ring (bicyclic) bond motifs is 7. The third-order valence-corrected chi connectivity index (χ3v) is 16.9. The fourth-order valence-corrected chi connectivity index (χ4v) is 14.7. The molecule has 2 aliphatic heterocycles. The van der Waals surface area contributed by atoms with E-state index in [9.17, 15) is 0 Å². The summed E-state index contributed by atoms with van der Waals surface area (Å²) in [6, 6.07) is 7.33. The maximum Gasteiger partial charge on any atom is 0.0568 e. The second kappa shape index (κ2) is 13.1. The zero-order valence-electron chi connectivity index (χ0n) is 29.7. The monoisotopic (exact) mass is 731 g/mol. The van der Waals surface area contributed by atoms with Gasteiger partial charge >= 0.3 is 0 Å². The van der Waals surface area contributed by atoms with E-state index in [2.05, 4.69) is 144 Å². The molecule has 0 amide bonds. The maximum atomic E-state index is 2.80. The molecule has 11 rings (SSSR count). The summed E-state index contributed by atoms with van der Waals surface area (Å²) in [6.07, 6.45) is 51.3. The van der Waals surface area contributed by atoms with Gasteiger partial charge in [0, 0.05) is 61.1 Å². The first kappa shape index (κ1) is 32.0. The number of hydrogen-bond donors (Lipinski definition) is 0. The normalized spacial score (nSPS) is 31.2. The predicted molar refractivity (Wildman–Crippen MR) is 227 cm³/mol. The van der Waals surface area contributed by atoms with Crippen LogP contribution in [0.4, 0.5) is 0 Å². The lowest BCUT2D eigenvalue weighted by Crippen LogP contribution is -2.39. The molecule has 1 nitrogen and oxygen atoms in total. The minimum atomic E-state index is 0.326. The summed E-state index contributed by atoms with van der Waals surface area (Å²) in [6.45, 7) is 0. The Bertz CT molecular complexity index is 2360. The smallest absolute Gasteiger partial charge is 0.0568 e. The highest BCUT2D eigenvalue weighted by Crippen LogP contribution is 2.52. The standard InChI is InChI=1S/C48H45NS3/c1-2-10-31(11-3-1)35-14-8-15-40-41-16-9-17-42(48(41)52-47(35)40)49(34-25-27-39-37-13-5-7-19-44(37)51-46(39)29-34)33-23-20-30(21-24-33)32-22-26-38-36-12-4-6-18-43(36)50-45(38)28-32/h2,5-6,8,10-11,13-16,18,20,22-28,30,34,37-38,44-45H,1,3-4,7,9,12,17,19,21,29H2. The average molecular weight is 732 g/mol. The number of thiophene rings is 1. The van der Waals surface area contributed by atoms with E-state index in [0.29, 0.717) is 29.0 Å². The molecule has 0 radical (unpaired) electrons. The van der Waals surface area contributed by atoms with E-state index >= 15 is 0 Å². The number of thioether (sulfide) groups is 2. The van der Waals surface area contributed by atoms with E-state index in [1.807, 2.05) is 11.3 Å². The third-order valence-electron chi connectivity index (χ3n) is 12.7. The summed E-state index contributed by atoms with van der Waals surface area (Å²) in [7, 11) is 0. The van der Waals surface area contributed by atoms with Crippen molar-refractivity contribution in [2.24, 2.45) is 17.8 Å². The molecule has 9 aliphatic rings. The van der Waals surface area contributed by atoms with Gasteiger partial charge in [0.15, 0.2) is 0 Å². The van der Waals surface area contributed by atoms with Gasteiger partial charge in [0.25, 0.3) is 0 Å². The number of benzene rings is 1. The zero-order chi connectivity index (χ0) is 34.2. The second-order valence-electron chi connectivity index (χ2n) is 15.7. The quantitative estimate of drug-likeness (QED) is 0.282. The zero-order valence-corrected chi connectivity index (χ0v) is 32.1. The van der Waals surface area contributed by atoms with Gasteiger partial charge in [-0.2, -0.15) is 0 Å². The van der Waals surface area contributed by atoms with E-state index in [1.54, 1.807) is 16.1 Å². The lowest BCUT2D eigenvalue weighted by atomic mass is 9.81. The van der Waals surface area contributed by atoms with Gasteiger partial charge in [-0.05, 0) is 102 Å². The van der Waals surface area contributed by atoms with Crippen LogP contribution in [0.1, 0.15) is 69.8 Å². The molecule has 1 aromatic heterocycles. The highest BCUT2D eigenvalue weighted by molar-refractivity contribution is 8.04. The van der Waals surface area contributed by atoms with Crippen LogP contribution >= 0.6 is 34.9 Å². The molecule has 2 aromatic rings. The number of allylic oxidation sites excluding steroid dienone is 17. The molecule has 52 heavy (non-hydrogen) atoms. The molecule has 6 atom stereocenters. The van der Waals surface area contributed by atoms with E-state index in [1.165, 1.54) is 78.5 Å². The largest absolute Gasteiger partial charge is 0.337 e. The van der Waals surface area contributed by atoms with Crippen molar-refractivity contribution in [1.82, 2.24) is 4.90 Å². The van der Waals surface area contributed by atoms with Crippen molar-refractivity contribution in [3.05, 3.63) is 157 Å². The van der Waals surface area contributed by atoms with Crippen LogP contribution in [0.25, 0.3) is 27.4 Å². The van der Waals surface area contributed by atoms with Crippen molar-refractivity contribution in [2.75, 3.05) is 0 Å². The Balaban J connectivity index is 0.967. The fourth-order valence-electron chi connectivity index (χ4n) is 10.2. The molecule has 260 valence electrons. The van der Waals surface area contributed by atoms with E-state index in [-0.39, 0.29) is 0 Å². The lowest BCUT2D eigenvalue weighted by molar-refractivity contribution is 0.402. The topological polar surface area (TPSA) is 3.24 Å². The molecule has 3 heterocycles. The van der Waals surface area contributed by atoms with Crippen LogP contribution in [-0.2, 0) is 0 Å². The molecular formula is C48H45NS3. The summed E-state index contributed by atoms with van der Waals surface area (Å²) in [4.78, 5) is 5.98. The van der Waals surface area contributed by atoms with Gasteiger partial charge in [0.2, 0.25) is 0 Å². The predicted octanol–water partition coefficient (Wildman–Crippen LogP) is 11.6. The summed E-state index contributed by atoms with van der Waals surface area (Å²) >= 11 is 6.34. The van der Waals surface area contributed by atoms with Gasteiger partial charge < -0.3 is 4.90 Å². The molecule has 0 N–H and O–H groups in total. The SMILES string of the molecule is C1=CC(c2cccc3c4c(sc23)=C(N(C2=CCC(C3=CC5SC6=C(CCC=C6)C5C=C3)C=C2)C2C=CC3=C(C2)SC2CCC=CC32)CCC=4)=CCC1. The molecule has 0 saturated carbocycles. The minimum Gasteiger partial charge on any atom is -0.337 e. The number of rotatable bonds is 5. The van der Waals surface area contributed by atoms with Gasteiger partial charge in [0.05, 0.1) is 10.6 Å². The molecular weight excluding hydrogens is 687 g/mol. The van der Waals surface area contributed by atoms with Gasteiger partial charge in [-0.1, -0.05) is 109 Å². The van der Waals surface area contributed by atoms with Crippen LogP contribution in [0.3, 0.4) is 0 Å². The summed E-state index contributed by atoms with van der Waals surface area (Å²) in [5.74, 6) is 1.64. The van der Waals surface area contributed by atoms with Crippen LogP contribution in [0.15, 0.2) is 142 Å². The average Bonchev–Trinajstić information content (AvgIpc) is 3.90. The first-order valence-corrected chi connectivity index (χ1v) is 22.3. The van der Waals surface area contributed by atoms with Gasteiger partial charge in [0.1, 0.15) is 0 Å². The summed E-state index contributed by atoms with van der Waals surface area (Å²) in [5.41, 5.74) is 10.5. The highest BCUT2D eigenvalue weighted by atomic mass is 32.2. The first-order valence-electron chi connectivity index (χ1n) is 19.8. The second-order valence-corrected chi connectivity index (χ2v) is 19.3. The van der Waals surface area contributed by atoms with Crippen LogP contribution in [-0.4, -0.2) is 21.4 Å².